The van der Waals surface area contributed by atoms with E-state index >= 15 is 0 Å². The molecule has 0 aliphatic carbocycles. The van der Waals surface area contributed by atoms with E-state index in [0.29, 0.717) is 31.3 Å². The Balaban J connectivity index is 3.34. The molecule has 0 unspecified atom stereocenters. The molecule has 0 heterocycles. The molecule has 0 aliphatic rings. The second-order valence-electron chi connectivity index (χ2n) is 2.89. The van der Waals surface area contributed by atoms with Crippen LogP contribution in [-0.4, -0.2) is 30.2 Å². The van der Waals surface area contributed by atoms with Crippen LogP contribution in [0, 0.1) is 0 Å². The van der Waals surface area contributed by atoms with E-state index in [-0.39, 0.29) is 11.8 Å². The first-order chi connectivity index (χ1) is 6.70. The average molecular weight is 265 g/mol. The van der Waals surface area contributed by atoms with Crippen LogP contribution in [0.5, 0.6) is 0 Å². The third kappa shape index (κ3) is 8.04. The molecule has 0 aliphatic heterocycles. The van der Waals surface area contributed by atoms with Gasteiger partial charge >= 0.3 is 0 Å². The fraction of sp³-hybridized carbons (Fsp3) is 0.778. The summed E-state index contributed by atoms with van der Waals surface area (Å²) < 4.78 is 0. The monoisotopic (exact) mass is 264 g/mol. The lowest BCUT2D eigenvalue weighted by atomic mass is 10.3. The van der Waals surface area contributed by atoms with Gasteiger partial charge in [-0.15, -0.1) is 0 Å². The Bertz CT molecular complexity index is 186. The lowest BCUT2D eigenvalue weighted by Crippen LogP contribution is -2.31. The molecule has 0 bridgehead atoms. The SMILES string of the molecule is CCCNC(=O)CCNC(=O)CCBr. The van der Waals surface area contributed by atoms with Crippen molar-refractivity contribution < 1.29 is 9.59 Å². The van der Waals surface area contributed by atoms with E-state index in [9.17, 15) is 9.59 Å². The predicted octanol–water partition coefficient (Wildman–Crippen LogP) is 0.804. The number of carbonyl (C=O) groups is 2. The standard InChI is InChI=1S/C9H17BrN2O2/c1-2-6-11-9(14)4-7-12-8(13)3-5-10/h2-7H2,1H3,(H,11,14)(H,12,13). The number of carbonyl (C=O) groups excluding carboxylic acids is 2. The molecule has 0 rings (SSSR count). The number of hydrogen-bond donors (Lipinski definition) is 2. The maximum absolute atomic E-state index is 11.1. The lowest BCUT2D eigenvalue weighted by molar-refractivity contribution is -0.122. The van der Waals surface area contributed by atoms with Crippen molar-refractivity contribution in [3.63, 3.8) is 0 Å². The molecule has 0 aromatic heterocycles. The van der Waals surface area contributed by atoms with Gasteiger partial charge in [-0.1, -0.05) is 22.9 Å². The molecule has 0 spiro atoms. The number of rotatable bonds is 7. The minimum Gasteiger partial charge on any atom is -0.356 e. The van der Waals surface area contributed by atoms with Crippen LogP contribution < -0.4 is 10.6 Å². The van der Waals surface area contributed by atoms with Crippen molar-refractivity contribution in [3.8, 4) is 0 Å². The Morgan fingerprint density at radius 3 is 2.21 bits per heavy atom. The third-order valence-electron chi connectivity index (χ3n) is 1.57. The van der Waals surface area contributed by atoms with Gasteiger partial charge in [-0.25, -0.2) is 0 Å². The summed E-state index contributed by atoms with van der Waals surface area (Å²) in [7, 11) is 0. The van der Waals surface area contributed by atoms with E-state index in [1.54, 1.807) is 0 Å². The second kappa shape index (κ2) is 8.99. The molecule has 0 fully saturated rings. The highest BCUT2D eigenvalue weighted by molar-refractivity contribution is 9.09. The van der Waals surface area contributed by atoms with Crippen molar-refractivity contribution >= 4 is 27.7 Å². The van der Waals surface area contributed by atoms with Crippen molar-refractivity contribution in [2.24, 2.45) is 0 Å². The van der Waals surface area contributed by atoms with E-state index in [1.165, 1.54) is 0 Å². The van der Waals surface area contributed by atoms with Gasteiger partial charge in [0.15, 0.2) is 0 Å². The van der Waals surface area contributed by atoms with Crippen LogP contribution >= 0.6 is 15.9 Å². The molecule has 2 N–H and O–H groups in total. The molecule has 4 nitrogen and oxygen atoms in total. The van der Waals surface area contributed by atoms with Crippen LogP contribution in [0.4, 0.5) is 0 Å². The van der Waals surface area contributed by atoms with Crippen molar-refractivity contribution in [2.45, 2.75) is 26.2 Å². The minimum atomic E-state index is -0.0230. The largest absolute Gasteiger partial charge is 0.356 e. The molecule has 0 aromatic carbocycles. The number of amides is 2. The minimum absolute atomic E-state index is 0.00834. The van der Waals surface area contributed by atoms with Gasteiger partial charge in [0.05, 0.1) is 0 Å². The Labute approximate surface area is 92.9 Å². The van der Waals surface area contributed by atoms with Gasteiger partial charge in [0, 0.05) is 31.3 Å². The zero-order valence-corrected chi connectivity index (χ0v) is 10.0. The smallest absolute Gasteiger partial charge is 0.221 e. The quantitative estimate of drug-likeness (QED) is 0.669. The van der Waals surface area contributed by atoms with Gasteiger partial charge in [0.25, 0.3) is 0 Å². The number of nitrogens with one attached hydrogen (secondary N) is 2. The van der Waals surface area contributed by atoms with E-state index in [1.807, 2.05) is 6.92 Å². The van der Waals surface area contributed by atoms with Crippen LogP contribution in [0.15, 0.2) is 0 Å². The summed E-state index contributed by atoms with van der Waals surface area (Å²) in [6.07, 6.45) is 1.74. The molecule has 2 amide bonds. The topological polar surface area (TPSA) is 58.2 Å². The molecule has 0 atom stereocenters. The summed E-state index contributed by atoms with van der Waals surface area (Å²) in [4.78, 5) is 22.0. The van der Waals surface area contributed by atoms with Gasteiger partial charge < -0.3 is 10.6 Å². The Morgan fingerprint density at radius 2 is 1.64 bits per heavy atom. The highest BCUT2D eigenvalue weighted by Crippen LogP contribution is 1.87. The summed E-state index contributed by atoms with van der Waals surface area (Å²) in [5, 5.41) is 6.05. The van der Waals surface area contributed by atoms with E-state index in [0.717, 1.165) is 6.42 Å². The van der Waals surface area contributed by atoms with Gasteiger partial charge in [0.2, 0.25) is 11.8 Å². The Hall–Kier alpha value is -0.580. The molecule has 5 heteroatoms. The predicted molar refractivity (Wildman–Crippen MR) is 59.3 cm³/mol. The molecular formula is C9H17BrN2O2. The summed E-state index contributed by atoms with van der Waals surface area (Å²) in [6.45, 7) is 3.12. The van der Waals surface area contributed by atoms with Gasteiger partial charge in [-0.3, -0.25) is 9.59 Å². The Kier molecular flexibility index (Phi) is 8.62. The van der Waals surface area contributed by atoms with E-state index in [2.05, 4.69) is 26.6 Å². The first-order valence-electron chi connectivity index (χ1n) is 4.80. The fourth-order valence-corrected chi connectivity index (χ4v) is 1.20. The molecular weight excluding hydrogens is 248 g/mol. The first kappa shape index (κ1) is 13.4. The summed E-state index contributed by atoms with van der Waals surface area (Å²) >= 11 is 3.16. The zero-order valence-electron chi connectivity index (χ0n) is 8.44. The average Bonchev–Trinajstić information content (AvgIpc) is 2.15. The fourth-order valence-electron chi connectivity index (χ4n) is 0.842. The highest BCUT2D eigenvalue weighted by Gasteiger charge is 2.02. The second-order valence-corrected chi connectivity index (χ2v) is 3.68. The van der Waals surface area contributed by atoms with Crippen molar-refractivity contribution in [2.75, 3.05) is 18.4 Å². The van der Waals surface area contributed by atoms with Crippen LogP contribution in [-0.2, 0) is 9.59 Å². The molecule has 0 aromatic rings. The van der Waals surface area contributed by atoms with E-state index in [4.69, 9.17) is 0 Å². The maximum atomic E-state index is 11.1. The van der Waals surface area contributed by atoms with E-state index < -0.39 is 0 Å². The normalized spacial score (nSPS) is 9.57. The molecule has 82 valence electrons. The lowest BCUT2D eigenvalue weighted by Gasteiger charge is -2.04. The Morgan fingerprint density at radius 1 is 1.07 bits per heavy atom. The molecule has 14 heavy (non-hydrogen) atoms. The van der Waals surface area contributed by atoms with Crippen LogP contribution in [0.1, 0.15) is 26.2 Å². The number of alkyl halides is 1. The van der Waals surface area contributed by atoms with Crippen molar-refractivity contribution in [1.29, 1.82) is 0 Å². The van der Waals surface area contributed by atoms with Crippen LogP contribution in [0.2, 0.25) is 0 Å². The summed E-state index contributed by atoms with van der Waals surface area (Å²) in [5.41, 5.74) is 0. The number of hydrogen-bond acceptors (Lipinski definition) is 2. The molecule has 0 saturated heterocycles. The van der Waals surface area contributed by atoms with Gasteiger partial charge in [-0.2, -0.15) is 0 Å². The summed E-state index contributed by atoms with van der Waals surface area (Å²) in [5.74, 6) is -0.0313. The molecule has 0 saturated carbocycles. The zero-order chi connectivity index (χ0) is 10.8. The van der Waals surface area contributed by atoms with Gasteiger partial charge in [-0.05, 0) is 6.42 Å². The maximum Gasteiger partial charge on any atom is 0.221 e. The van der Waals surface area contributed by atoms with Gasteiger partial charge in [0.1, 0.15) is 0 Å². The summed E-state index contributed by atoms with van der Waals surface area (Å²) in [6, 6.07) is 0. The highest BCUT2D eigenvalue weighted by atomic mass is 79.9. The first-order valence-corrected chi connectivity index (χ1v) is 5.92. The van der Waals surface area contributed by atoms with Crippen molar-refractivity contribution in [3.05, 3.63) is 0 Å². The molecule has 0 radical (unpaired) electrons. The van der Waals surface area contributed by atoms with Crippen LogP contribution in [0.3, 0.4) is 0 Å². The van der Waals surface area contributed by atoms with Crippen molar-refractivity contribution in [1.82, 2.24) is 10.6 Å². The number of halogens is 1. The third-order valence-corrected chi connectivity index (χ3v) is 1.96. The van der Waals surface area contributed by atoms with Crippen LogP contribution in [0.25, 0.3) is 0 Å².